The van der Waals surface area contributed by atoms with Gasteiger partial charge in [-0.15, -0.1) is 5.10 Å². The average molecular weight is 323 g/mol. The zero-order valence-corrected chi connectivity index (χ0v) is 11.7. The number of rotatable bonds is 4. The van der Waals surface area contributed by atoms with E-state index in [-0.39, 0.29) is 18.1 Å². The fourth-order valence-corrected chi connectivity index (χ4v) is 2.10. The lowest BCUT2D eigenvalue weighted by atomic mass is 10.2. The molecule has 7 heteroatoms. The Balaban J connectivity index is 2.02. The first-order valence-corrected chi connectivity index (χ1v) is 6.29. The van der Waals surface area contributed by atoms with E-state index in [1.165, 1.54) is 10.9 Å². The van der Waals surface area contributed by atoms with Crippen molar-refractivity contribution >= 4 is 33.8 Å². The molecule has 1 aromatic heterocycles. The van der Waals surface area contributed by atoms with E-state index >= 15 is 0 Å². The van der Waals surface area contributed by atoms with Crippen LogP contribution in [0.15, 0.2) is 28.9 Å². The lowest BCUT2D eigenvalue weighted by Gasteiger charge is -2.07. The van der Waals surface area contributed by atoms with Crippen molar-refractivity contribution in [3.05, 3.63) is 40.1 Å². The van der Waals surface area contributed by atoms with E-state index in [0.717, 1.165) is 10.0 Å². The van der Waals surface area contributed by atoms with Gasteiger partial charge in [0.25, 0.3) is 0 Å². The van der Waals surface area contributed by atoms with Crippen LogP contribution in [-0.2, 0) is 11.3 Å². The molecular formula is C12H11BrN4O2. The van der Waals surface area contributed by atoms with E-state index in [4.69, 9.17) is 0 Å². The number of carbonyl (C=O) groups is 2. The summed E-state index contributed by atoms with van der Waals surface area (Å²) in [7, 11) is 0. The molecule has 0 radical (unpaired) electrons. The average Bonchev–Trinajstić information content (AvgIpc) is 2.80. The third-order valence-electron chi connectivity index (χ3n) is 2.38. The molecule has 2 rings (SSSR count). The molecule has 2 aromatic rings. The Hall–Kier alpha value is -2.02. The number of aldehydes is 1. The van der Waals surface area contributed by atoms with Gasteiger partial charge in [-0.1, -0.05) is 11.3 Å². The van der Waals surface area contributed by atoms with E-state index in [2.05, 4.69) is 31.6 Å². The Labute approximate surface area is 117 Å². The second kappa shape index (κ2) is 5.75. The molecule has 0 aliphatic carbocycles. The maximum absolute atomic E-state index is 11.8. The molecule has 0 fully saturated rings. The summed E-state index contributed by atoms with van der Waals surface area (Å²) in [6, 6.07) is 5.63. The third kappa shape index (κ3) is 3.47. The SMILES string of the molecule is Cc1ccc(NC(=O)Cn2cc(C=O)nn2)c(Br)c1. The smallest absolute Gasteiger partial charge is 0.246 e. The van der Waals surface area contributed by atoms with E-state index < -0.39 is 0 Å². The molecule has 19 heavy (non-hydrogen) atoms. The van der Waals surface area contributed by atoms with Gasteiger partial charge < -0.3 is 5.32 Å². The number of carbonyl (C=O) groups excluding carboxylic acids is 2. The Kier molecular flexibility index (Phi) is 4.06. The number of nitrogens with one attached hydrogen (secondary N) is 1. The molecule has 1 heterocycles. The summed E-state index contributed by atoms with van der Waals surface area (Å²) in [6.07, 6.45) is 1.99. The van der Waals surface area contributed by atoms with Crippen LogP contribution in [0.4, 0.5) is 5.69 Å². The largest absolute Gasteiger partial charge is 0.323 e. The van der Waals surface area contributed by atoms with Crippen LogP contribution in [0.3, 0.4) is 0 Å². The van der Waals surface area contributed by atoms with Crippen LogP contribution in [0, 0.1) is 6.92 Å². The van der Waals surface area contributed by atoms with Crippen molar-refractivity contribution in [2.24, 2.45) is 0 Å². The highest BCUT2D eigenvalue weighted by molar-refractivity contribution is 9.10. The van der Waals surface area contributed by atoms with Gasteiger partial charge in [-0.05, 0) is 40.5 Å². The van der Waals surface area contributed by atoms with Crippen molar-refractivity contribution in [2.75, 3.05) is 5.32 Å². The van der Waals surface area contributed by atoms with Gasteiger partial charge in [0.2, 0.25) is 5.91 Å². The topological polar surface area (TPSA) is 76.9 Å². The highest BCUT2D eigenvalue weighted by Crippen LogP contribution is 2.23. The number of hydrogen-bond donors (Lipinski definition) is 1. The maximum atomic E-state index is 11.8. The number of halogens is 1. The fourth-order valence-electron chi connectivity index (χ4n) is 1.50. The van der Waals surface area contributed by atoms with Crippen LogP contribution < -0.4 is 5.32 Å². The predicted molar refractivity (Wildman–Crippen MR) is 72.9 cm³/mol. The van der Waals surface area contributed by atoms with Crippen LogP contribution in [0.25, 0.3) is 0 Å². The summed E-state index contributed by atoms with van der Waals surface area (Å²) >= 11 is 3.38. The monoisotopic (exact) mass is 322 g/mol. The van der Waals surface area contributed by atoms with Crippen LogP contribution in [0.2, 0.25) is 0 Å². The number of aromatic nitrogens is 3. The Morgan fingerprint density at radius 3 is 2.95 bits per heavy atom. The van der Waals surface area contributed by atoms with Crippen LogP contribution in [-0.4, -0.2) is 27.2 Å². The zero-order chi connectivity index (χ0) is 13.8. The number of amides is 1. The first-order valence-electron chi connectivity index (χ1n) is 5.50. The Morgan fingerprint density at radius 1 is 1.53 bits per heavy atom. The van der Waals surface area contributed by atoms with Gasteiger partial charge in [0, 0.05) is 4.47 Å². The molecule has 0 saturated carbocycles. The first-order chi connectivity index (χ1) is 9.08. The first kappa shape index (κ1) is 13.4. The number of nitrogens with zero attached hydrogens (tertiary/aromatic N) is 3. The van der Waals surface area contributed by atoms with E-state index in [9.17, 15) is 9.59 Å². The van der Waals surface area contributed by atoms with Crippen molar-refractivity contribution in [3.63, 3.8) is 0 Å². The van der Waals surface area contributed by atoms with Gasteiger partial charge in [-0.25, -0.2) is 4.68 Å². The summed E-state index contributed by atoms with van der Waals surface area (Å²) in [5.41, 5.74) is 1.98. The maximum Gasteiger partial charge on any atom is 0.246 e. The van der Waals surface area contributed by atoms with Gasteiger partial charge in [0.05, 0.1) is 11.9 Å². The molecule has 0 aliphatic rings. The molecule has 1 N–H and O–H groups in total. The van der Waals surface area contributed by atoms with Crippen molar-refractivity contribution in [1.29, 1.82) is 0 Å². The number of anilines is 1. The number of benzene rings is 1. The standard InChI is InChI=1S/C12H11BrN4O2/c1-8-2-3-11(10(13)4-8)14-12(19)6-17-5-9(7-18)15-16-17/h2-5,7H,6H2,1H3,(H,14,19). The van der Waals surface area contributed by atoms with Gasteiger partial charge in [-0.2, -0.15) is 0 Å². The van der Waals surface area contributed by atoms with Crippen LogP contribution >= 0.6 is 15.9 Å². The molecular weight excluding hydrogens is 312 g/mol. The van der Waals surface area contributed by atoms with E-state index in [0.29, 0.717) is 12.0 Å². The summed E-state index contributed by atoms with van der Waals surface area (Å²) in [4.78, 5) is 22.3. The molecule has 1 amide bonds. The normalized spacial score (nSPS) is 10.2. The quantitative estimate of drug-likeness (QED) is 0.871. The molecule has 0 atom stereocenters. The second-order valence-electron chi connectivity index (χ2n) is 3.99. The lowest BCUT2D eigenvalue weighted by molar-refractivity contribution is -0.116. The number of aryl methyl sites for hydroxylation is 1. The minimum Gasteiger partial charge on any atom is -0.323 e. The number of hydrogen-bond acceptors (Lipinski definition) is 4. The molecule has 0 saturated heterocycles. The molecule has 0 bridgehead atoms. The van der Waals surface area contributed by atoms with Gasteiger partial charge in [0.1, 0.15) is 12.2 Å². The van der Waals surface area contributed by atoms with Gasteiger partial charge >= 0.3 is 0 Å². The molecule has 98 valence electrons. The minimum atomic E-state index is -0.244. The minimum absolute atomic E-state index is 0.00115. The molecule has 0 unspecified atom stereocenters. The van der Waals surface area contributed by atoms with Gasteiger partial charge in [-0.3, -0.25) is 9.59 Å². The van der Waals surface area contributed by atoms with Crippen molar-refractivity contribution < 1.29 is 9.59 Å². The summed E-state index contributed by atoms with van der Waals surface area (Å²) in [5, 5.41) is 10.00. The van der Waals surface area contributed by atoms with E-state index in [1.807, 2.05) is 25.1 Å². The van der Waals surface area contributed by atoms with Crippen LogP contribution in [0.5, 0.6) is 0 Å². The lowest BCUT2D eigenvalue weighted by Crippen LogP contribution is -2.19. The predicted octanol–water partition coefficient (Wildman–Crippen LogP) is 1.80. The van der Waals surface area contributed by atoms with Crippen molar-refractivity contribution in [2.45, 2.75) is 13.5 Å². The molecule has 6 nitrogen and oxygen atoms in total. The fraction of sp³-hybridized carbons (Fsp3) is 0.167. The Bertz CT molecular complexity index is 624. The molecule has 0 spiro atoms. The highest BCUT2D eigenvalue weighted by Gasteiger charge is 2.08. The highest BCUT2D eigenvalue weighted by atomic mass is 79.9. The van der Waals surface area contributed by atoms with Crippen molar-refractivity contribution in [3.8, 4) is 0 Å². The second-order valence-corrected chi connectivity index (χ2v) is 4.84. The third-order valence-corrected chi connectivity index (χ3v) is 3.04. The summed E-state index contributed by atoms with van der Waals surface area (Å²) < 4.78 is 2.12. The molecule has 0 aliphatic heterocycles. The zero-order valence-electron chi connectivity index (χ0n) is 10.1. The van der Waals surface area contributed by atoms with E-state index in [1.54, 1.807) is 0 Å². The van der Waals surface area contributed by atoms with Crippen molar-refractivity contribution in [1.82, 2.24) is 15.0 Å². The van der Waals surface area contributed by atoms with Crippen LogP contribution in [0.1, 0.15) is 16.1 Å². The molecule has 1 aromatic carbocycles. The van der Waals surface area contributed by atoms with Gasteiger partial charge in [0.15, 0.2) is 6.29 Å². The summed E-state index contributed by atoms with van der Waals surface area (Å²) in [5.74, 6) is -0.244. The summed E-state index contributed by atoms with van der Waals surface area (Å²) in [6.45, 7) is 1.97. The Morgan fingerprint density at radius 2 is 2.32 bits per heavy atom.